The third-order valence-electron chi connectivity index (χ3n) is 2.62. The summed E-state index contributed by atoms with van der Waals surface area (Å²) in [4.78, 5) is 11.5. The van der Waals surface area contributed by atoms with Gasteiger partial charge in [-0.1, -0.05) is 12.8 Å². The highest BCUT2D eigenvalue weighted by atomic mass is 16.6. The molecule has 0 saturated heterocycles. The minimum absolute atomic E-state index is 0.0485. The average Bonchev–Trinajstić information content (AvgIpc) is 2.26. The molecule has 1 rings (SSSR count). The fraction of sp³-hybridized carbons (Fsp3) is 0.917. The summed E-state index contributed by atoms with van der Waals surface area (Å²) < 4.78 is 5.18. The van der Waals surface area contributed by atoms with Crippen LogP contribution in [0.15, 0.2) is 0 Å². The maximum Gasteiger partial charge on any atom is 0.407 e. The molecular formula is C12H23NO3. The molecule has 16 heavy (non-hydrogen) atoms. The highest BCUT2D eigenvalue weighted by Crippen LogP contribution is 2.18. The lowest BCUT2D eigenvalue weighted by molar-refractivity contribution is 0.0485. The molecule has 94 valence electrons. The van der Waals surface area contributed by atoms with Gasteiger partial charge in [0.2, 0.25) is 0 Å². The molecule has 0 heterocycles. The van der Waals surface area contributed by atoms with Crippen molar-refractivity contribution in [1.29, 1.82) is 0 Å². The number of hydrogen-bond donors (Lipinski definition) is 2. The van der Waals surface area contributed by atoms with E-state index in [1.165, 1.54) is 0 Å². The summed E-state index contributed by atoms with van der Waals surface area (Å²) in [6.07, 6.45) is 3.82. The lowest BCUT2D eigenvalue weighted by atomic mass is 10.1. The first-order valence-corrected chi connectivity index (χ1v) is 6.04. The van der Waals surface area contributed by atoms with Crippen LogP contribution in [0.25, 0.3) is 0 Å². The van der Waals surface area contributed by atoms with Crippen LogP contribution in [0.1, 0.15) is 52.9 Å². The van der Waals surface area contributed by atoms with Crippen molar-refractivity contribution in [2.45, 2.75) is 70.6 Å². The van der Waals surface area contributed by atoms with Crippen LogP contribution in [0, 0.1) is 0 Å². The minimum Gasteiger partial charge on any atom is -0.444 e. The first-order valence-electron chi connectivity index (χ1n) is 6.04. The van der Waals surface area contributed by atoms with E-state index >= 15 is 0 Å². The Balaban J connectivity index is 2.37. The summed E-state index contributed by atoms with van der Waals surface area (Å²) in [6, 6.07) is 0.0485. The van der Waals surface area contributed by atoms with Crippen LogP contribution in [-0.2, 0) is 4.74 Å². The molecular weight excluding hydrogens is 206 g/mol. The van der Waals surface area contributed by atoms with Gasteiger partial charge in [0.25, 0.3) is 0 Å². The zero-order valence-electron chi connectivity index (χ0n) is 10.5. The van der Waals surface area contributed by atoms with Crippen molar-refractivity contribution in [2.75, 3.05) is 0 Å². The molecule has 1 saturated carbocycles. The zero-order valence-corrected chi connectivity index (χ0v) is 10.5. The molecule has 1 fully saturated rings. The van der Waals surface area contributed by atoms with Crippen LogP contribution in [-0.4, -0.2) is 28.9 Å². The second-order valence-electron chi connectivity index (χ2n) is 5.52. The van der Waals surface area contributed by atoms with E-state index in [0.717, 1.165) is 25.7 Å². The molecule has 0 spiro atoms. The van der Waals surface area contributed by atoms with Gasteiger partial charge in [-0.2, -0.15) is 0 Å². The molecule has 0 aromatic heterocycles. The molecule has 0 aliphatic heterocycles. The van der Waals surface area contributed by atoms with Gasteiger partial charge in [-0.25, -0.2) is 4.79 Å². The molecule has 0 aromatic rings. The summed E-state index contributed by atoms with van der Waals surface area (Å²) in [5.41, 5.74) is -0.465. The van der Waals surface area contributed by atoms with E-state index in [0.29, 0.717) is 6.42 Å². The monoisotopic (exact) mass is 229 g/mol. The molecule has 0 radical (unpaired) electrons. The predicted octanol–water partition coefficient (Wildman–Crippen LogP) is 2.20. The van der Waals surface area contributed by atoms with Gasteiger partial charge in [0.05, 0.1) is 6.10 Å². The van der Waals surface area contributed by atoms with Gasteiger partial charge >= 0.3 is 6.09 Å². The summed E-state index contributed by atoms with van der Waals surface area (Å²) in [7, 11) is 0. The highest BCUT2D eigenvalue weighted by Gasteiger charge is 2.22. The topological polar surface area (TPSA) is 58.6 Å². The highest BCUT2D eigenvalue weighted by molar-refractivity contribution is 5.68. The summed E-state index contributed by atoms with van der Waals surface area (Å²) >= 11 is 0. The Hall–Kier alpha value is -0.770. The minimum atomic E-state index is -0.465. The van der Waals surface area contributed by atoms with Gasteiger partial charge in [-0.3, -0.25) is 0 Å². The van der Waals surface area contributed by atoms with Gasteiger partial charge in [-0.05, 0) is 40.0 Å². The van der Waals surface area contributed by atoms with Crippen molar-refractivity contribution in [3.05, 3.63) is 0 Å². The van der Waals surface area contributed by atoms with E-state index in [2.05, 4.69) is 5.32 Å². The quantitative estimate of drug-likeness (QED) is 0.678. The second kappa shape index (κ2) is 5.53. The van der Waals surface area contributed by atoms with Crippen LogP contribution in [0.5, 0.6) is 0 Å². The van der Waals surface area contributed by atoms with Gasteiger partial charge in [0, 0.05) is 6.04 Å². The summed E-state index contributed by atoms with van der Waals surface area (Å²) in [5, 5.41) is 12.4. The average molecular weight is 229 g/mol. The van der Waals surface area contributed by atoms with Crippen LogP contribution in [0.3, 0.4) is 0 Å². The van der Waals surface area contributed by atoms with E-state index in [4.69, 9.17) is 4.74 Å². The lowest BCUT2D eigenvalue weighted by Gasteiger charge is -2.23. The Kier molecular flexibility index (Phi) is 4.59. The number of ether oxygens (including phenoxy) is 1. The smallest absolute Gasteiger partial charge is 0.407 e. The number of aliphatic hydroxyl groups excluding tert-OH is 1. The van der Waals surface area contributed by atoms with Crippen LogP contribution >= 0.6 is 0 Å². The summed E-state index contributed by atoms with van der Waals surface area (Å²) in [6.45, 7) is 5.53. The van der Waals surface area contributed by atoms with Crippen molar-refractivity contribution < 1.29 is 14.6 Å². The number of hydrogen-bond acceptors (Lipinski definition) is 3. The van der Waals surface area contributed by atoms with Crippen molar-refractivity contribution in [1.82, 2.24) is 5.32 Å². The zero-order chi connectivity index (χ0) is 12.2. The largest absolute Gasteiger partial charge is 0.444 e. The maximum absolute atomic E-state index is 11.5. The number of rotatable bonds is 1. The maximum atomic E-state index is 11.5. The number of amides is 1. The van der Waals surface area contributed by atoms with Crippen molar-refractivity contribution in [3.8, 4) is 0 Å². The van der Waals surface area contributed by atoms with E-state index in [-0.39, 0.29) is 18.2 Å². The Morgan fingerprint density at radius 1 is 1.31 bits per heavy atom. The lowest BCUT2D eigenvalue weighted by Crippen LogP contribution is -2.40. The van der Waals surface area contributed by atoms with Crippen molar-refractivity contribution >= 4 is 6.09 Å². The van der Waals surface area contributed by atoms with Gasteiger partial charge in [0.15, 0.2) is 0 Å². The third kappa shape index (κ3) is 5.35. The first kappa shape index (κ1) is 13.3. The molecule has 0 unspecified atom stereocenters. The standard InChI is InChI=1S/C12H23NO3/c1-12(2,3)16-11(15)13-9-6-4-5-7-10(14)8-9/h9-10,14H,4-8H2,1-3H3,(H,13,15)/t9-,10+/m1/s1. The van der Waals surface area contributed by atoms with E-state index < -0.39 is 5.60 Å². The molecule has 4 nitrogen and oxygen atoms in total. The van der Waals surface area contributed by atoms with Gasteiger partial charge in [-0.15, -0.1) is 0 Å². The van der Waals surface area contributed by atoms with Gasteiger partial charge in [0.1, 0.15) is 5.60 Å². The number of aliphatic hydroxyl groups is 1. The second-order valence-corrected chi connectivity index (χ2v) is 5.52. The molecule has 0 aromatic carbocycles. The molecule has 4 heteroatoms. The van der Waals surface area contributed by atoms with Crippen molar-refractivity contribution in [2.24, 2.45) is 0 Å². The molecule has 0 bridgehead atoms. The Labute approximate surface area is 97.4 Å². The van der Waals surface area contributed by atoms with Crippen LogP contribution < -0.4 is 5.32 Å². The SMILES string of the molecule is CC(C)(C)OC(=O)N[C@@H]1CCCC[C@H](O)C1. The Morgan fingerprint density at radius 2 is 1.94 bits per heavy atom. The Bertz CT molecular complexity index is 235. The molecule has 2 N–H and O–H groups in total. The number of alkyl carbamates (subject to hydrolysis) is 1. The molecule has 1 aliphatic carbocycles. The van der Waals surface area contributed by atoms with Crippen LogP contribution in [0.4, 0.5) is 4.79 Å². The fourth-order valence-electron chi connectivity index (χ4n) is 1.94. The van der Waals surface area contributed by atoms with E-state index in [9.17, 15) is 9.90 Å². The van der Waals surface area contributed by atoms with E-state index in [1.807, 2.05) is 20.8 Å². The number of carbonyl (C=O) groups excluding carboxylic acids is 1. The number of carbonyl (C=O) groups is 1. The molecule has 1 amide bonds. The predicted molar refractivity (Wildman–Crippen MR) is 62.2 cm³/mol. The number of nitrogens with one attached hydrogen (secondary N) is 1. The van der Waals surface area contributed by atoms with Crippen molar-refractivity contribution in [3.63, 3.8) is 0 Å². The molecule has 1 aliphatic rings. The molecule has 2 atom stereocenters. The van der Waals surface area contributed by atoms with E-state index in [1.54, 1.807) is 0 Å². The van der Waals surface area contributed by atoms with Crippen LogP contribution in [0.2, 0.25) is 0 Å². The fourth-order valence-corrected chi connectivity index (χ4v) is 1.94. The van der Waals surface area contributed by atoms with Gasteiger partial charge < -0.3 is 15.2 Å². The normalized spacial score (nSPS) is 27.0. The first-order chi connectivity index (χ1) is 7.37. The third-order valence-corrected chi connectivity index (χ3v) is 2.62. The Morgan fingerprint density at radius 3 is 2.56 bits per heavy atom. The summed E-state index contributed by atoms with van der Waals surface area (Å²) in [5.74, 6) is 0.